The Kier molecular flexibility index (Phi) is 7.97. The number of methoxy groups -OCH3 is 1. The van der Waals surface area contributed by atoms with Gasteiger partial charge in [0.2, 0.25) is 0 Å². The van der Waals surface area contributed by atoms with E-state index in [4.69, 9.17) is 19.3 Å². The SMILES string of the molecule is CCCOc1ccc(/C=C/C(=O)O)c(OCCCOC)c1. The van der Waals surface area contributed by atoms with Crippen molar-refractivity contribution in [3.8, 4) is 11.5 Å². The number of ether oxygens (including phenoxy) is 3. The summed E-state index contributed by atoms with van der Waals surface area (Å²) in [5, 5.41) is 8.71. The minimum Gasteiger partial charge on any atom is -0.493 e. The largest absolute Gasteiger partial charge is 0.493 e. The van der Waals surface area contributed by atoms with Crippen LogP contribution in [0.3, 0.4) is 0 Å². The maximum atomic E-state index is 10.6. The molecule has 116 valence electrons. The molecule has 1 aromatic rings. The molecule has 0 aliphatic carbocycles. The molecule has 0 radical (unpaired) electrons. The fourth-order valence-electron chi connectivity index (χ4n) is 1.63. The van der Waals surface area contributed by atoms with Gasteiger partial charge in [0.1, 0.15) is 11.5 Å². The molecule has 5 heteroatoms. The van der Waals surface area contributed by atoms with Gasteiger partial charge >= 0.3 is 5.97 Å². The number of carboxylic acids is 1. The predicted octanol–water partition coefficient (Wildman–Crippen LogP) is 2.99. The summed E-state index contributed by atoms with van der Waals surface area (Å²) in [7, 11) is 1.64. The van der Waals surface area contributed by atoms with E-state index in [1.807, 2.05) is 6.92 Å². The lowest BCUT2D eigenvalue weighted by Gasteiger charge is -2.12. The molecular formula is C16H22O5. The van der Waals surface area contributed by atoms with E-state index in [9.17, 15) is 4.79 Å². The zero-order valence-corrected chi connectivity index (χ0v) is 12.5. The van der Waals surface area contributed by atoms with E-state index in [1.54, 1.807) is 25.3 Å². The quantitative estimate of drug-likeness (QED) is 0.531. The Hall–Kier alpha value is -2.01. The molecule has 0 heterocycles. The lowest BCUT2D eigenvalue weighted by Crippen LogP contribution is -2.03. The molecule has 0 atom stereocenters. The van der Waals surface area contributed by atoms with Crippen LogP contribution in [0.4, 0.5) is 0 Å². The van der Waals surface area contributed by atoms with Gasteiger partial charge in [0.05, 0.1) is 13.2 Å². The van der Waals surface area contributed by atoms with E-state index < -0.39 is 5.97 Å². The molecule has 5 nitrogen and oxygen atoms in total. The third kappa shape index (κ3) is 6.81. The fraction of sp³-hybridized carbons (Fsp3) is 0.438. The van der Waals surface area contributed by atoms with Gasteiger partial charge in [-0.3, -0.25) is 0 Å². The first-order valence-corrected chi connectivity index (χ1v) is 6.97. The summed E-state index contributed by atoms with van der Waals surface area (Å²) >= 11 is 0. The zero-order chi connectivity index (χ0) is 15.5. The normalized spacial score (nSPS) is 10.8. The second-order valence-corrected chi connectivity index (χ2v) is 4.41. The first-order chi connectivity index (χ1) is 10.2. The van der Waals surface area contributed by atoms with Gasteiger partial charge in [0, 0.05) is 37.8 Å². The highest BCUT2D eigenvalue weighted by molar-refractivity contribution is 5.86. The number of aliphatic carboxylic acids is 1. The molecule has 21 heavy (non-hydrogen) atoms. The number of hydrogen-bond donors (Lipinski definition) is 1. The second-order valence-electron chi connectivity index (χ2n) is 4.41. The molecule has 0 unspecified atom stereocenters. The van der Waals surface area contributed by atoms with Gasteiger partial charge in [-0.25, -0.2) is 4.79 Å². The van der Waals surface area contributed by atoms with Crippen LogP contribution in [0.2, 0.25) is 0 Å². The number of carboxylic acid groups (broad SMARTS) is 1. The molecule has 1 aromatic carbocycles. The van der Waals surface area contributed by atoms with Crippen molar-refractivity contribution in [2.24, 2.45) is 0 Å². The molecule has 0 aromatic heterocycles. The van der Waals surface area contributed by atoms with Gasteiger partial charge in [-0.2, -0.15) is 0 Å². The lowest BCUT2D eigenvalue weighted by molar-refractivity contribution is -0.131. The first-order valence-electron chi connectivity index (χ1n) is 6.97. The Bertz CT molecular complexity index is 468. The second kappa shape index (κ2) is 9.83. The summed E-state index contributed by atoms with van der Waals surface area (Å²) in [4.78, 5) is 10.6. The molecule has 0 saturated heterocycles. The van der Waals surface area contributed by atoms with Crippen LogP contribution in [0, 0.1) is 0 Å². The first kappa shape index (κ1) is 17.0. The summed E-state index contributed by atoms with van der Waals surface area (Å²) in [5.74, 6) is 0.329. The van der Waals surface area contributed by atoms with Crippen LogP contribution in [-0.4, -0.2) is 38.0 Å². The van der Waals surface area contributed by atoms with E-state index in [-0.39, 0.29) is 0 Å². The standard InChI is InChI=1S/C16H22O5/c1-3-9-20-14-7-5-13(6-8-16(17)18)15(12-14)21-11-4-10-19-2/h5-8,12H,3-4,9-11H2,1-2H3,(H,17,18)/b8-6+. The summed E-state index contributed by atoms with van der Waals surface area (Å²) < 4.78 is 16.2. The minimum absolute atomic E-state index is 0.499. The van der Waals surface area contributed by atoms with E-state index in [0.717, 1.165) is 18.9 Å². The molecular weight excluding hydrogens is 272 g/mol. The molecule has 1 N–H and O–H groups in total. The van der Waals surface area contributed by atoms with Gasteiger partial charge in [-0.1, -0.05) is 6.92 Å². The van der Waals surface area contributed by atoms with Crippen LogP contribution in [0.25, 0.3) is 6.08 Å². The maximum absolute atomic E-state index is 10.6. The van der Waals surface area contributed by atoms with Crippen molar-refractivity contribution in [2.75, 3.05) is 26.9 Å². The Labute approximate surface area is 125 Å². The van der Waals surface area contributed by atoms with Crippen LogP contribution in [0.1, 0.15) is 25.3 Å². The third-order valence-electron chi connectivity index (χ3n) is 2.61. The average molecular weight is 294 g/mol. The van der Waals surface area contributed by atoms with Crippen LogP contribution in [0.5, 0.6) is 11.5 Å². The van der Waals surface area contributed by atoms with Crippen molar-refractivity contribution >= 4 is 12.0 Å². The topological polar surface area (TPSA) is 65.0 Å². The number of carbonyl (C=O) groups is 1. The molecule has 0 aliphatic heterocycles. The summed E-state index contributed by atoms with van der Waals surface area (Å²) in [5.41, 5.74) is 0.707. The number of benzene rings is 1. The Balaban J connectivity index is 2.81. The zero-order valence-electron chi connectivity index (χ0n) is 12.5. The Morgan fingerprint density at radius 3 is 2.71 bits per heavy atom. The molecule has 0 bridgehead atoms. The smallest absolute Gasteiger partial charge is 0.328 e. The van der Waals surface area contributed by atoms with Crippen molar-refractivity contribution in [1.82, 2.24) is 0 Å². The highest BCUT2D eigenvalue weighted by Gasteiger charge is 2.05. The summed E-state index contributed by atoms with van der Waals surface area (Å²) in [6, 6.07) is 5.37. The van der Waals surface area contributed by atoms with Crippen LogP contribution in [-0.2, 0) is 9.53 Å². The van der Waals surface area contributed by atoms with E-state index in [2.05, 4.69) is 0 Å². The van der Waals surface area contributed by atoms with E-state index >= 15 is 0 Å². The average Bonchev–Trinajstić information content (AvgIpc) is 2.48. The highest BCUT2D eigenvalue weighted by atomic mass is 16.5. The number of rotatable bonds is 10. The minimum atomic E-state index is -0.994. The van der Waals surface area contributed by atoms with E-state index in [1.165, 1.54) is 6.08 Å². The summed E-state index contributed by atoms with van der Waals surface area (Å²) in [6.07, 6.45) is 4.28. The van der Waals surface area contributed by atoms with Gasteiger partial charge in [0.15, 0.2) is 0 Å². The fourth-order valence-corrected chi connectivity index (χ4v) is 1.63. The van der Waals surface area contributed by atoms with E-state index in [0.29, 0.717) is 36.9 Å². The Morgan fingerprint density at radius 1 is 1.24 bits per heavy atom. The lowest BCUT2D eigenvalue weighted by atomic mass is 10.1. The predicted molar refractivity (Wildman–Crippen MR) is 80.9 cm³/mol. The van der Waals surface area contributed by atoms with Gasteiger partial charge in [-0.15, -0.1) is 0 Å². The number of hydrogen-bond acceptors (Lipinski definition) is 4. The van der Waals surface area contributed by atoms with Crippen LogP contribution < -0.4 is 9.47 Å². The molecule has 0 saturated carbocycles. The van der Waals surface area contributed by atoms with Gasteiger partial charge in [0.25, 0.3) is 0 Å². The van der Waals surface area contributed by atoms with Crippen LogP contribution >= 0.6 is 0 Å². The van der Waals surface area contributed by atoms with Crippen LogP contribution in [0.15, 0.2) is 24.3 Å². The van der Waals surface area contributed by atoms with Crippen molar-refractivity contribution < 1.29 is 24.1 Å². The van der Waals surface area contributed by atoms with Gasteiger partial charge in [-0.05, 0) is 24.6 Å². The summed E-state index contributed by atoms with van der Waals surface area (Å²) in [6.45, 7) is 3.78. The van der Waals surface area contributed by atoms with Gasteiger partial charge < -0.3 is 19.3 Å². The third-order valence-corrected chi connectivity index (χ3v) is 2.61. The molecule has 1 rings (SSSR count). The monoisotopic (exact) mass is 294 g/mol. The van der Waals surface area contributed by atoms with Crippen molar-refractivity contribution in [3.63, 3.8) is 0 Å². The van der Waals surface area contributed by atoms with Crippen molar-refractivity contribution in [1.29, 1.82) is 0 Å². The molecule has 0 amide bonds. The maximum Gasteiger partial charge on any atom is 0.328 e. The molecule has 0 fully saturated rings. The van der Waals surface area contributed by atoms with Crippen molar-refractivity contribution in [2.45, 2.75) is 19.8 Å². The molecule has 0 spiro atoms. The highest BCUT2D eigenvalue weighted by Crippen LogP contribution is 2.26. The Morgan fingerprint density at radius 2 is 2.05 bits per heavy atom. The molecule has 0 aliphatic rings. The van der Waals surface area contributed by atoms with Crippen molar-refractivity contribution in [3.05, 3.63) is 29.8 Å².